The molecule has 0 saturated carbocycles. The summed E-state index contributed by atoms with van der Waals surface area (Å²) in [6, 6.07) is 5.84. The van der Waals surface area contributed by atoms with Crippen LogP contribution >= 0.6 is 0 Å². The van der Waals surface area contributed by atoms with Crippen LogP contribution in [0.25, 0.3) is 0 Å². The molecule has 1 fully saturated rings. The third kappa shape index (κ3) is 8.30. The maximum atomic E-state index is 13.0. The maximum Gasteiger partial charge on any atom is 0.410 e. The van der Waals surface area contributed by atoms with E-state index in [1.807, 2.05) is 34.6 Å². The van der Waals surface area contributed by atoms with Gasteiger partial charge in [0, 0.05) is 37.8 Å². The number of carbonyl (C=O) groups excluding carboxylic acids is 2. The molecule has 1 unspecified atom stereocenters. The van der Waals surface area contributed by atoms with Gasteiger partial charge in [-0.25, -0.2) is 9.18 Å². The topological polar surface area (TPSA) is 61.9 Å². The number of piperidine rings is 1. The van der Waals surface area contributed by atoms with E-state index in [0.717, 1.165) is 25.9 Å². The largest absolute Gasteiger partial charge is 0.444 e. The Morgan fingerprint density at radius 1 is 1.27 bits per heavy atom. The molecule has 1 atom stereocenters. The van der Waals surface area contributed by atoms with Crippen molar-refractivity contribution in [1.82, 2.24) is 9.80 Å². The first-order valence-corrected chi connectivity index (χ1v) is 10.8. The van der Waals surface area contributed by atoms with Crippen molar-refractivity contribution in [2.24, 2.45) is 5.92 Å². The lowest BCUT2D eigenvalue weighted by Gasteiger charge is -2.37. The van der Waals surface area contributed by atoms with Gasteiger partial charge >= 0.3 is 6.09 Å². The van der Waals surface area contributed by atoms with Crippen LogP contribution in [0.3, 0.4) is 0 Å². The van der Waals surface area contributed by atoms with Gasteiger partial charge in [0.05, 0.1) is 0 Å². The van der Waals surface area contributed by atoms with Gasteiger partial charge in [0.1, 0.15) is 11.4 Å². The Labute approximate surface area is 179 Å². The smallest absolute Gasteiger partial charge is 0.410 e. The second-order valence-electron chi connectivity index (χ2n) is 9.34. The first-order chi connectivity index (χ1) is 14.0. The van der Waals surface area contributed by atoms with Crippen LogP contribution in [0.2, 0.25) is 0 Å². The Balaban J connectivity index is 1.82. The number of nitrogens with zero attached hydrogens (tertiary/aromatic N) is 2. The van der Waals surface area contributed by atoms with E-state index >= 15 is 0 Å². The highest BCUT2D eigenvalue weighted by Gasteiger charge is 2.29. The van der Waals surface area contributed by atoms with E-state index in [9.17, 15) is 14.0 Å². The van der Waals surface area contributed by atoms with E-state index in [0.29, 0.717) is 31.1 Å². The molecule has 1 aromatic carbocycles. The lowest BCUT2D eigenvalue weighted by Crippen LogP contribution is -2.47. The molecule has 0 radical (unpaired) electrons. The highest BCUT2D eigenvalue weighted by atomic mass is 19.1. The second kappa shape index (κ2) is 10.8. The number of likely N-dealkylation sites (tertiary alicyclic amines) is 1. The van der Waals surface area contributed by atoms with Crippen molar-refractivity contribution >= 4 is 17.7 Å². The van der Waals surface area contributed by atoms with Crippen molar-refractivity contribution in [3.8, 4) is 0 Å². The summed E-state index contributed by atoms with van der Waals surface area (Å²) in [5, 5.41) is 2.80. The van der Waals surface area contributed by atoms with E-state index in [1.54, 1.807) is 17.0 Å². The highest BCUT2D eigenvalue weighted by Crippen LogP contribution is 2.21. The lowest BCUT2D eigenvalue weighted by molar-refractivity contribution is -0.116. The summed E-state index contributed by atoms with van der Waals surface area (Å²) in [6.07, 6.45) is 2.21. The van der Waals surface area contributed by atoms with Crippen LogP contribution in [-0.2, 0) is 9.53 Å². The average Bonchev–Trinajstić information content (AvgIpc) is 2.65. The zero-order chi connectivity index (χ0) is 22.3. The Bertz CT molecular complexity index is 701. The van der Waals surface area contributed by atoms with Crippen molar-refractivity contribution in [2.75, 3.05) is 31.5 Å². The fourth-order valence-corrected chi connectivity index (χ4v) is 3.61. The zero-order valence-corrected chi connectivity index (χ0v) is 18.9. The number of rotatable bonds is 7. The zero-order valence-electron chi connectivity index (χ0n) is 18.9. The molecule has 1 heterocycles. The molecular formula is C23H36FN3O3. The minimum absolute atomic E-state index is 0.0664. The van der Waals surface area contributed by atoms with Crippen LogP contribution in [0, 0.1) is 11.7 Å². The van der Waals surface area contributed by atoms with E-state index in [1.165, 1.54) is 12.1 Å². The van der Waals surface area contributed by atoms with E-state index in [-0.39, 0.29) is 23.9 Å². The van der Waals surface area contributed by atoms with Gasteiger partial charge in [0.25, 0.3) is 0 Å². The first-order valence-electron chi connectivity index (χ1n) is 10.8. The number of nitrogens with one attached hydrogen (secondary N) is 1. The molecule has 168 valence electrons. The molecule has 1 saturated heterocycles. The molecule has 1 N–H and O–H groups in total. The number of carbonyl (C=O) groups is 2. The van der Waals surface area contributed by atoms with Crippen LogP contribution in [0.5, 0.6) is 0 Å². The van der Waals surface area contributed by atoms with Crippen LogP contribution in [-0.4, -0.2) is 59.6 Å². The first kappa shape index (κ1) is 24.1. The predicted octanol–water partition coefficient (Wildman–Crippen LogP) is 4.51. The molecule has 2 rings (SSSR count). The molecule has 0 aliphatic carbocycles. The van der Waals surface area contributed by atoms with Gasteiger partial charge in [0.15, 0.2) is 0 Å². The normalized spacial score (nSPS) is 17.6. The molecule has 30 heavy (non-hydrogen) atoms. The van der Waals surface area contributed by atoms with Gasteiger partial charge in [-0.15, -0.1) is 0 Å². The Morgan fingerprint density at radius 3 is 2.53 bits per heavy atom. The number of hydrogen-bond acceptors (Lipinski definition) is 4. The number of anilines is 1. The van der Waals surface area contributed by atoms with Gasteiger partial charge in [-0.1, -0.05) is 0 Å². The Morgan fingerprint density at radius 2 is 1.93 bits per heavy atom. The Kier molecular flexibility index (Phi) is 8.65. The fourth-order valence-electron chi connectivity index (χ4n) is 3.61. The molecular weight excluding hydrogens is 385 g/mol. The fraction of sp³-hybridized carbons (Fsp3) is 0.652. The maximum absolute atomic E-state index is 13.0. The van der Waals surface area contributed by atoms with Gasteiger partial charge < -0.3 is 19.9 Å². The molecule has 1 aromatic rings. The highest BCUT2D eigenvalue weighted by molar-refractivity contribution is 5.90. The molecule has 2 amide bonds. The number of ether oxygens (including phenoxy) is 1. The van der Waals surface area contributed by atoms with Crippen LogP contribution in [0.1, 0.15) is 53.9 Å². The quantitative estimate of drug-likeness (QED) is 0.704. The van der Waals surface area contributed by atoms with E-state index in [2.05, 4.69) is 10.2 Å². The van der Waals surface area contributed by atoms with Gasteiger partial charge in [-0.2, -0.15) is 0 Å². The van der Waals surface area contributed by atoms with Gasteiger partial charge in [-0.05, 0) is 84.2 Å². The van der Waals surface area contributed by atoms with Crippen molar-refractivity contribution in [3.05, 3.63) is 30.1 Å². The summed E-state index contributed by atoms with van der Waals surface area (Å²) in [5.41, 5.74) is 0.0867. The van der Waals surface area contributed by atoms with Crippen molar-refractivity contribution in [3.63, 3.8) is 0 Å². The van der Waals surface area contributed by atoms with Crippen LogP contribution in [0.15, 0.2) is 24.3 Å². The minimum Gasteiger partial charge on any atom is -0.444 e. The molecule has 0 spiro atoms. The Hall–Kier alpha value is -2.15. The van der Waals surface area contributed by atoms with Gasteiger partial charge in [0.2, 0.25) is 5.91 Å². The van der Waals surface area contributed by atoms with Crippen molar-refractivity contribution in [2.45, 2.75) is 65.5 Å². The summed E-state index contributed by atoms with van der Waals surface area (Å²) in [6.45, 7) is 12.8. The molecule has 1 aliphatic heterocycles. The number of benzene rings is 1. The molecule has 0 aromatic heterocycles. The summed E-state index contributed by atoms with van der Waals surface area (Å²) in [7, 11) is 0. The van der Waals surface area contributed by atoms with E-state index < -0.39 is 5.60 Å². The van der Waals surface area contributed by atoms with Crippen LogP contribution in [0.4, 0.5) is 14.9 Å². The minimum atomic E-state index is -0.513. The summed E-state index contributed by atoms with van der Waals surface area (Å²) < 4.78 is 18.5. The van der Waals surface area contributed by atoms with Gasteiger partial charge in [-0.3, -0.25) is 4.79 Å². The summed E-state index contributed by atoms with van der Waals surface area (Å²) >= 11 is 0. The number of halogens is 1. The summed E-state index contributed by atoms with van der Waals surface area (Å²) in [5.74, 6) is -0.0516. The standard InChI is InChI=1S/C23H36FN3O3/c1-17(2)27(22(29)30-23(3,4)5)16-18-7-6-13-26(15-18)14-12-21(28)25-20-10-8-19(24)9-11-20/h8-11,17-18H,6-7,12-16H2,1-5H3,(H,25,28). The predicted molar refractivity (Wildman–Crippen MR) is 117 cm³/mol. The monoisotopic (exact) mass is 421 g/mol. The third-order valence-corrected chi connectivity index (χ3v) is 5.09. The second-order valence-corrected chi connectivity index (χ2v) is 9.34. The lowest BCUT2D eigenvalue weighted by atomic mass is 9.97. The number of hydrogen-bond donors (Lipinski definition) is 1. The average molecular weight is 422 g/mol. The molecule has 6 nitrogen and oxygen atoms in total. The van der Waals surface area contributed by atoms with Crippen molar-refractivity contribution < 1.29 is 18.7 Å². The van der Waals surface area contributed by atoms with E-state index in [4.69, 9.17) is 4.74 Å². The molecule has 1 aliphatic rings. The van der Waals surface area contributed by atoms with Crippen molar-refractivity contribution in [1.29, 1.82) is 0 Å². The number of amides is 2. The van der Waals surface area contributed by atoms with Crippen LogP contribution < -0.4 is 5.32 Å². The molecule has 7 heteroatoms. The SMILES string of the molecule is CC(C)N(CC1CCCN(CCC(=O)Nc2ccc(F)cc2)C1)C(=O)OC(C)(C)C. The summed E-state index contributed by atoms with van der Waals surface area (Å²) in [4.78, 5) is 28.9. The third-order valence-electron chi connectivity index (χ3n) is 5.09. The molecule has 0 bridgehead atoms.